The third kappa shape index (κ3) is 4.99. The van der Waals surface area contributed by atoms with Gasteiger partial charge in [-0.3, -0.25) is 0 Å². The molecule has 0 saturated heterocycles. The molecule has 1 aliphatic carbocycles. The number of hydrogen-bond acceptors (Lipinski definition) is 1. The molecule has 0 aromatic carbocycles. The fourth-order valence-corrected chi connectivity index (χ4v) is 1.70. The first kappa shape index (κ1) is 12.0. The van der Waals surface area contributed by atoms with Gasteiger partial charge in [-0.15, -0.1) is 0 Å². The van der Waals surface area contributed by atoms with Gasteiger partial charge in [-0.2, -0.15) is 0 Å². The molecule has 0 bridgehead atoms. The summed E-state index contributed by atoms with van der Waals surface area (Å²) in [4.78, 5) is 0. The molecule has 1 rings (SSSR count). The Morgan fingerprint density at radius 3 is 2.21 bits per heavy atom. The second-order valence-electron chi connectivity index (χ2n) is 6.31. The van der Waals surface area contributed by atoms with Crippen molar-refractivity contribution >= 4 is 0 Å². The van der Waals surface area contributed by atoms with E-state index in [9.17, 15) is 0 Å². The maximum absolute atomic E-state index is 3.69. The predicted molar refractivity (Wildman–Crippen MR) is 63.5 cm³/mol. The van der Waals surface area contributed by atoms with Gasteiger partial charge in [-0.05, 0) is 43.9 Å². The minimum atomic E-state index is 0.494. The van der Waals surface area contributed by atoms with E-state index in [0.29, 0.717) is 11.5 Å². The van der Waals surface area contributed by atoms with Gasteiger partial charge in [0.1, 0.15) is 0 Å². The summed E-state index contributed by atoms with van der Waals surface area (Å²) in [6.07, 6.45) is 5.49. The summed E-state index contributed by atoms with van der Waals surface area (Å²) in [7, 11) is 0. The average molecular weight is 197 g/mol. The van der Waals surface area contributed by atoms with Crippen LogP contribution in [0.4, 0.5) is 0 Å². The molecule has 0 amide bonds. The number of hydrogen-bond donors (Lipinski definition) is 1. The molecule has 1 nitrogen and oxygen atoms in total. The Hall–Kier alpha value is -0.0400. The van der Waals surface area contributed by atoms with Crippen molar-refractivity contribution in [2.45, 2.75) is 72.4 Å². The van der Waals surface area contributed by atoms with Crippen molar-refractivity contribution in [1.29, 1.82) is 0 Å². The summed E-state index contributed by atoms with van der Waals surface area (Å²) in [5.74, 6) is 0.815. The van der Waals surface area contributed by atoms with Crippen molar-refractivity contribution in [1.82, 2.24) is 5.32 Å². The minimum absolute atomic E-state index is 0.494. The summed E-state index contributed by atoms with van der Waals surface area (Å²) < 4.78 is 0. The van der Waals surface area contributed by atoms with Crippen LogP contribution in [0.2, 0.25) is 0 Å². The molecule has 1 fully saturated rings. The van der Waals surface area contributed by atoms with Gasteiger partial charge in [0.15, 0.2) is 0 Å². The maximum Gasteiger partial charge on any atom is 0.00708 e. The van der Waals surface area contributed by atoms with Gasteiger partial charge in [0.25, 0.3) is 0 Å². The molecule has 2 unspecified atom stereocenters. The Balaban J connectivity index is 2.15. The van der Waals surface area contributed by atoms with E-state index < -0.39 is 0 Å². The molecule has 0 radical (unpaired) electrons. The average Bonchev–Trinajstić information content (AvgIpc) is 2.82. The summed E-state index contributed by atoms with van der Waals surface area (Å²) >= 11 is 0. The van der Waals surface area contributed by atoms with Crippen LogP contribution in [0.15, 0.2) is 0 Å². The molecule has 0 heterocycles. The van der Waals surface area contributed by atoms with Crippen molar-refractivity contribution in [3.05, 3.63) is 0 Å². The van der Waals surface area contributed by atoms with E-state index >= 15 is 0 Å². The summed E-state index contributed by atoms with van der Waals surface area (Å²) in [6, 6.07) is 1.55. The molecule has 84 valence electrons. The van der Waals surface area contributed by atoms with Gasteiger partial charge < -0.3 is 5.32 Å². The van der Waals surface area contributed by atoms with Crippen LogP contribution in [0.25, 0.3) is 0 Å². The predicted octanol–water partition coefficient (Wildman–Crippen LogP) is 3.59. The SMILES string of the molecule is CC(CCC(C)(C)C)C(C)NC1CC1. The van der Waals surface area contributed by atoms with Crippen LogP contribution in [0.3, 0.4) is 0 Å². The molecule has 2 atom stereocenters. The van der Waals surface area contributed by atoms with Crippen LogP contribution >= 0.6 is 0 Å². The third-order valence-corrected chi connectivity index (χ3v) is 3.28. The van der Waals surface area contributed by atoms with Crippen molar-refractivity contribution in [2.24, 2.45) is 11.3 Å². The van der Waals surface area contributed by atoms with E-state index in [4.69, 9.17) is 0 Å². The Bertz CT molecular complexity index is 165. The second kappa shape index (κ2) is 4.65. The lowest BCUT2D eigenvalue weighted by molar-refractivity contribution is 0.294. The van der Waals surface area contributed by atoms with Crippen LogP contribution in [-0.2, 0) is 0 Å². The topological polar surface area (TPSA) is 12.0 Å². The number of nitrogens with one attached hydrogen (secondary N) is 1. The van der Waals surface area contributed by atoms with Gasteiger partial charge in [-0.1, -0.05) is 27.7 Å². The van der Waals surface area contributed by atoms with Crippen LogP contribution in [-0.4, -0.2) is 12.1 Å². The molecule has 0 spiro atoms. The molecule has 1 aliphatic rings. The Morgan fingerprint density at radius 2 is 1.79 bits per heavy atom. The van der Waals surface area contributed by atoms with E-state index in [1.807, 2.05) is 0 Å². The Labute approximate surface area is 89.7 Å². The smallest absolute Gasteiger partial charge is 0.00708 e. The van der Waals surface area contributed by atoms with Crippen LogP contribution < -0.4 is 5.32 Å². The molecule has 0 aliphatic heterocycles. The van der Waals surface area contributed by atoms with E-state index in [0.717, 1.165) is 12.0 Å². The van der Waals surface area contributed by atoms with Crippen LogP contribution in [0.5, 0.6) is 0 Å². The minimum Gasteiger partial charge on any atom is -0.311 e. The van der Waals surface area contributed by atoms with Crippen LogP contribution in [0.1, 0.15) is 60.3 Å². The molecule has 1 heteroatoms. The van der Waals surface area contributed by atoms with Crippen molar-refractivity contribution in [3.8, 4) is 0 Å². The third-order valence-electron chi connectivity index (χ3n) is 3.28. The lowest BCUT2D eigenvalue weighted by Gasteiger charge is -2.25. The van der Waals surface area contributed by atoms with Gasteiger partial charge in [-0.25, -0.2) is 0 Å². The van der Waals surface area contributed by atoms with E-state index in [2.05, 4.69) is 39.9 Å². The monoisotopic (exact) mass is 197 g/mol. The zero-order chi connectivity index (χ0) is 10.8. The van der Waals surface area contributed by atoms with E-state index in [1.54, 1.807) is 0 Å². The summed E-state index contributed by atoms with van der Waals surface area (Å²) in [6.45, 7) is 11.7. The Morgan fingerprint density at radius 1 is 1.21 bits per heavy atom. The highest BCUT2D eigenvalue weighted by molar-refractivity contribution is 4.85. The molecule has 0 aromatic heterocycles. The van der Waals surface area contributed by atoms with E-state index in [-0.39, 0.29) is 0 Å². The maximum atomic E-state index is 3.69. The van der Waals surface area contributed by atoms with Gasteiger partial charge in [0.2, 0.25) is 0 Å². The largest absolute Gasteiger partial charge is 0.311 e. The van der Waals surface area contributed by atoms with E-state index in [1.165, 1.54) is 25.7 Å². The second-order valence-corrected chi connectivity index (χ2v) is 6.31. The quantitative estimate of drug-likeness (QED) is 0.710. The van der Waals surface area contributed by atoms with Crippen molar-refractivity contribution < 1.29 is 0 Å². The molecular weight excluding hydrogens is 170 g/mol. The molecule has 14 heavy (non-hydrogen) atoms. The molecule has 0 aromatic rings. The standard InChI is InChI=1S/C13H27N/c1-10(8-9-13(3,4)5)11(2)14-12-6-7-12/h10-12,14H,6-9H2,1-5H3. The normalized spacial score (nSPS) is 22.1. The molecule has 1 N–H and O–H groups in total. The van der Waals surface area contributed by atoms with Crippen molar-refractivity contribution in [2.75, 3.05) is 0 Å². The lowest BCUT2D eigenvalue weighted by Crippen LogP contribution is -2.34. The first-order chi connectivity index (χ1) is 6.38. The van der Waals surface area contributed by atoms with Gasteiger partial charge in [0.05, 0.1) is 0 Å². The highest BCUT2D eigenvalue weighted by Crippen LogP contribution is 2.26. The fourth-order valence-electron chi connectivity index (χ4n) is 1.70. The zero-order valence-electron chi connectivity index (χ0n) is 10.6. The molecular formula is C13H27N. The van der Waals surface area contributed by atoms with Gasteiger partial charge >= 0.3 is 0 Å². The highest BCUT2D eigenvalue weighted by Gasteiger charge is 2.25. The van der Waals surface area contributed by atoms with Crippen molar-refractivity contribution in [3.63, 3.8) is 0 Å². The first-order valence-corrected chi connectivity index (χ1v) is 6.14. The zero-order valence-corrected chi connectivity index (χ0v) is 10.6. The molecule has 1 saturated carbocycles. The van der Waals surface area contributed by atoms with Gasteiger partial charge in [0, 0.05) is 12.1 Å². The number of rotatable bonds is 5. The summed E-state index contributed by atoms with van der Waals surface area (Å²) in [5.41, 5.74) is 0.494. The van der Waals surface area contributed by atoms with Crippen LogP contribution in [0, 0.1) is 11.3 Å². The highest BCUT2D eigenvalue weighted by atomic mass is 15.0. The first-order valence-electron chi connectivity index (χ1n) is 6.14. The Kier molecular flexibility index (Phi) is 4.00. The summed E-state index contributed by atoms with van der Waals surface area (Å²) in [5, 5.41) is 3.69. The fraction of sp³-hybridized carbons (Fsp3) is 1.00. The lowest BCUT2D eigenvalue weighted by atomic mass is 9.85.